The molecule has 2 rings (SSSR count). The average molecular weight is 264 g/mol. The third kappa shape index (κ3) is 3.44. The molecule has 0 saturated carbocycles. The van der Waals surface area contributed by atoms with Crippen molar-refractivity contribution in [2.24, 2.45) is 0 Å². The molecular weight excluding hydrogens is 250 g/mol. The third-order valence-corrected chi connectivity index (χ3v) is 2.54. The highest BCUT2D eigenvalue weighted by Gasteiger charge is 2.07. The lowest BCUT2D eigenvalue weighted by atomic mass is 10.2. The van der Waals surface area contributed by atoms with Crippen LogP contribution in [0.1, 0.15) is 12.5 Å². The zero-order valence-electron chi connectivity index (χ0n) is 10.5. The molecule has 0 amide bonds. The van der Waals surface area contributed by atoms with E-state index in [-0.39, 0.29) is 12.2 Å². The minimum absolute atomic E-state index is 0.0479. The summed E-state index contributed by atoms with van der Waals surface area (Å²) in [5.74, 6) is 0.114. The predicted molar refractivity (Wildman–Crippen MR) is 68.3 cm³/mol. The van der Waals surface area contributed by atoms with Crippen LogP contribution in [-0.4, -0.2) is 6.61 Å². The minimum Gasteiger partial charge on any atom is -0.490 e. The van der Waals surface area contributed by atoms with Crippen molar-refractivity contribution in [2.75, 3.05) is 6.61 Å². The molecular formula is C15H14F2O2. The van der Waals surface area contributed by atoms with Gasteiger partial charge in [-0.25, -0.2) is 8.78 Å². The van der Waals surface area contributed by atoms with Crippen LogP contribution >= 0.6 is 0 Å². The first-order valence-corrected chi connectivity index (χ1v) is 5.99. The van der Waals surface area contributed by atoms with Crippen molar-refractivity contribution in [3.05, 3.63) is 59.7 Å². The van der Waals surface area contributed by atoms with Gasteiger partial charge in [-0.2, -0.15) is 0 Å². The van der Waals surface area contributed by atoms with Gasteiger partial charge in [-0.3, -0.25) is 0 Å². The van der Waals surface area contributed by atoms with Crippen LogP contribution in [-0.2, 0) is 6.61 Å². The van der Waals surface area contributed by atoms with E-state index in [1.807, 2.05) is 13.0 Å². The Bertz CT molecular complexity index is 556. The Hall–Kier alpha value is -2.10. The largest absolute Gasteiger partial charge is 0.490 e. The fraction of sp³-hybridized carbons (Fsp3) is 0.200. The zero-order chi connectivity index (χ0) is 13.7. The number of hydrogen-bond donors (Lipinski definition) is 0. The fourth-order valence-corrected chi connectivity index (χ4v) is 1.65. The molecule has 2 aromatic rings. The molecule has 100 valence electrons. The topological polar surface area (TPSA) is 18.5 Å². The summed E-state index contributed by atoms with van der Waals surface area (Å²) in [6, 6.07) is 10.4. The molecule has 0 aromatic heterocycles. The summed E-state index contributed by atoms with van der Waals surface area (Å²) in [6.45, 7) is 2.32. The molecule has 0 fully saturated rings. The second-order valence-corrected chi connectivity index (χ2v) is 3.90. The van der Waals surface area contributed by atoms with Crippen molar-refractivity contribution in [3.8, 4) is 11.5 Å². The van der Waals surface area contributed by atoms with Crippen LogP contribution in [0.4, 0.5) is 8.78 Å². The van der Waals surface area contributed by atoms with Gasteiger partial charge >= 0.3 is 0 Å². The van der Waals surface area contributed by atoms with Gasteiger partial charge in [-0.1, -0.05) is 12.1 Å². The highest BCUT2D eigenvalue weighted by Crippen LogP contribution is 2.27. The van der Waals surface area contributed by atoms with E-state index in [0.717, 1.165) is 18.2 Å². The zero-order valence-corrected chi connectivity index (χ0v) is 10.5. The molecule has 0 atom stereocenters. The normalized spacial score (nSPS) is 10.3. The summed E-state index contributed by atoms with van der Waals surface area (Å²) in [5, 5.41) is 0. The van der Waals surface area contributed by atoms with E-state index in [0.29, 0.717) is 18.1 Å². The van der Waals surface area contributed by atoms with Crippen molar-refractivity contribution >= 4 is 0 Å². The monoisotopic (exact) mass is 264 g/mol. The van der Waals surface area contributed by atoms with Crippen molar-refractivity contribution in [3.63, 3.8) is 0 Å². The first-order valence-electron chi connectivity index (χ1n) is 5.99. The number of halogens is 2. The first kappa shape index (κ1) is 13.3. The average Bonchev–Trinajstić information content (AvgIpc) is 2.42. The van der Waals surface area contributed by atoms with Crippen LogP contribution in [0, 0.1) is 11.6 Å². The highest BCUT2D eigenvalue weighted by molar-refractivity contribution is 5.39. The van der Waals surface area contributed by atoms with Gasteiger partial charge in [0.05, 0.1) is 6.61 Å². The molecule has 0 radical (unpaired) electrons. The third-order valence-electron chi connectivity index (χ3n) is 2.54. The van der Waals surface area contributed by atoms with E-state index < -0.39 is 11.6 Å². The molecule has 0 aliphatic carbocycles. The molecule has 0 aliphatic heterocycles. The van der Waals surface area contributed by atoms with Gasteiger partial charge in [0.1, 0.15) is 18.2 Å². The maximum Gasteiger partial charge on any atom is 0.161 e. The van der Waals surface area contributed by atoms with E-state index in [9.17, 15) is 8.78 Å². The molecule has 2 nitrogen and oxygen atoms in total. The lowest BCUT2D eigenvalue weighted by molar-refractivity contribution is 0.265. The molecule has 0 unspecified atom stereocenters. The summed E-state index contributed by atoms with van der Waals surface area (Å²) in [5.41, 5.74) is 0.173. The van der Waals surface area contributed by atoms with Crippen LogP contribution in [0.2, 0.25) is 0 Å². The molecule has 19 heavy (non-hydrogen) atoms. The first-order chi connectivity index (χ1) is 9.20. The van der Waals surface area contributed by atoms with Crippen molar-refractivity contribution < 1.29 is 18.3 Å². The van der Waals surface area contributed by atoms with Crippen LogP contribution in [0.5, 0.6) is 11.5 Å². The van der Waals surface area contributed by atoms with Crippen LogP contribution in [0.15, 0.2) is 42.5 Å². The smallest absolute Gasteiger partial charge is 0.161 e. The lowest BCUT2D eigenvalue weighted by Crippen LogP contribution is -2.01. The number of ether oxygens (including phenoxy) is 2. The van der Waals surface area contributed by atoms with Crippen LogP contribution < -0.4 is 9.47 Å². The van der Waals surface area contributed by atoms with Crippen molar-refractivity contribution in [1.29, 1.82) is 0 Å². The Morgan fingerprint density at radius 2 is 1.63 bits per heavy atom. The molecule has 0 N–H and O–H groups in total. The quantitative estimate of drug-likeness (QED) is 0.814. The predicted octanol–water partition coefficient (Wildman–Crippen LogP) is 3.94. The molecule has 0 aliphatic rings. The Labute approximate surface area is 110 Å². The Morgan fingerprint density at radius 1 is 0.947 bits per heavy atom. The fourth-order valence-electron chi connectivity index (χ4n) is 1.65. The molecule has 4 heteroatoms. The van der Waals surface area contributed by atoms with E-state index in [1.54, 1.807) is 18.2 Å². The minimum atomic E-state index is -0.490. The van der Waals surface area contributed by atoms with E-state index in [4.69, 9.17) is 9.47 Å². The van der Waals surface area contributed by atoms with Gasteiger partial charge in [-0.05, 0) is 37.3 Å². The van der Waals surface area contributed by atoms with Gasteiger partial charge in [-0.15, -0.1) is 0 Å². The standard InChI is InChI=1S/C15H14F2O2/c1-2-18-14-5-3-4-6-15(14)19-10-11-9-12(16)7-8-13(11)17/h3-9H,2,10H2,1H3. The van der Waals surface area contributed by atoms with Crippen molar-refractivity contribution in [1.82, 2.24) is 0 Å². The van der Waals surface area contributed by atoms with Gasteiger partial charge in [0.25, 0.3) is 0 Å². The molecule has 0 saturated heterocycles. The van der Waals surface area contributed by atoms with Gasteiger partial charge in [0, 0.05) is 5.56 Å². The summed E-state index contributed by atoms with van der Waals surface area (Å²) in [7, 11) is 0. The Kier molecular flexibility index (Phi) is 4.34. The molecule has 0 heterocycles. The highest BCUT2D eigenvalue weighted by atomic mass is 19.1. The van der Waals surface area contributed by atoms with E-state index >= 15 is 0 Å². The van der Waals surface area contributed by atoms with E-state index in [2.05, 4.69) is 0 Å². The molecule has 2 aromatic carbocycles. The second kappa shape index (κ2) is 6.18. The van der Waals surface area contributed by atoms with Crippen LogP contribution in [0.3, 0.4) is 0 Å². The van der Waals surface area contributed by atoms with Gasteiger partial charge in [0.2, 0.25) is 0 Å². The number of rotatable bonds is 5. The second-order valence-electron chi connectivity index (χ2n) is 3.90. The maximum atomic E-state index is 13.4. The SMILES string of the molecule is CCOc1ccccc1OCc1cc(F)ccc1F. The summed E-state index contributed by atoms with van der Waals surface area (Å²) in [6.07, 6.45) is 0. The molecule has 0 spiro atoms. The Balaban J connectivity index is 2.12. The van der Waals surface area contributed by atoms with Crippen molar-refractivity contribution in [2.45, 2.75) is 13.5 Å². The summed E-state index contributed by atoms with van der Waals surface area (Å²) in [4.78, 5) is 0. The lowest BCUT2D eigenvalue weighted by Gasteiger charge is -2.12. The van der Waals surface area contributed by atoms with Crippen LogP contribution in [0.25, 0.3) is 0 Å². The Morgan fingerprint density at radius 3 is 2.32 bits per heavy atom. The molecule has 0 bridgehead atoms. The maximum absolute atomic E-state index is 13.4. The number of hydrogen-bond acceptors (Lipinski definition) is 2. The van der Waals surface area contributed by atoms with Gasteiger partial charge in [0.15, 0.2) is 11.5 Å². The summed E-state index contributed by atoms with van der Waals surface area (Å²) < 4.78 is 37.3. The van der Waals surface area contributed by atoms with Gasteiger partial charge < -0.3 is 9.47 Å². The summed E-state index contributed by atoms with van der Waals surface area (Å²) >= 11 is 0. The number of benzene rings is 2. The van der Waals surface area contributed by atoms with E-state index in [1.165, 1.54) is 0 Å². The number of para-hydroxylation sites is 2.